The van der Waals surface area contributed by atoms with Crippen LogP contribution in [0.3, 0.4) is 0 Å². The summed E-state index contributed by atoms with van der Waals surface area (Å²) in [6.07, 6.45) is -0.578. The molecule has 8 heteroatoms. The first kappa shape index (κ1) is 19.3. The first-order chi connectivity index (χ1) is 12.2. The number of benzene rings is 1. The average Bonchev–Trinajstić information content (AvgIpc) is 2.55. The Labute approximate surface area is 150 Å². The molecule has 0 saturated heterocycles. The van der Waals surface area contributed by atoms with Crippen LogP contribution < -0.4 is 21.0 Å². The van der Waals surface area contributed by atoms with Crippen LogP contribution in [0.1, 0.15) is 31.1 Å². The van der Waals surface area contributed by atoms with Crippen molar-refractivity contribution in [3.63, 3.8) is 0 Å². The van der Waals surface area contributed by atoms with Gasteiger partial charge in [-0.3, -0.25) is 4.79 Å². The lowest BCUT2D eigenvalue weighted by Crippen LogP contribution is -2.38. The first-order valence-electron chi connectivity index (χ1n) is 8.06. The van der Waals surface area contributed by atoms with Gasteiger partial charge in [-0.05, 0) is 39.0 Å². The number of hydrogen-bond donors (Lipinski definition) is 2. The van der Waals surface area contributed by atoms with Gasteiger partial charge in [0.2, 0.25) is 0 Å². The minimum Gasteiger partial charge on any atom is -0.497 e. The van der Waals surface area contributed by atoms with Crippen molar-refractivity contribution in [2.75, 3.05) is 20.2 Å². The molecule has 26 heavy (non-hydrogen) atoms. The van der Waals surface area contributed by atoms with Gasteiger partial charge in [-0.15, -0.1) is 0 Å². The summed E-state index contributed by atoms with van der Waals surface area (Å²) in [4.78, 5) is 35.7. The zero-order valence-electron chi connectivity index (χ0n) is 15.2. The van der Waals surface area contributed by atoms with Crippen LogP contribution >= 0.6 is 0 Å². The van der Waals surface area contributed by atoms with Gasteiger partial charge in [0.05, 0.1) is 7.11 Å². The van der Waals surface area contributed by atoms with Gasteiger partial charge >= 0.3 is 11.7 Å². The molecule has 0 unspecified atom stereocenters. The fourth-order valence-electron chi connectivity index (χ4n) is 2.13. The second-order valence-electron chi connectivity index (χ2n) is 6.54. The Morgan fingerprint density at radius 1 is 1.12 bits per heavy atom. The second kappa shape index (κ2) is 7.90. The van der Waals surface area contributed by atoms with Crippen molar-refractivity contribution in [1.82, 2.24) is 10.6 Å². The van der Waals surface area contributed by atoms with Crippen LogP contribution in [0, 0.1) is 0 Å². The molecule has 140 valence electrons. The van der Waals surface area contributed by atoms with Crippen LogP contribution in [0.15, 0.2) is 33.5 Å². The summed E-state index contributed by atoms with van der Waals surface area (Å²) in [5.41, 5.74) is -1.12. The molecule has 0 aliphatic heterocycles. The molecule has 2 rings (SSSR count). The van der Waals surface area contributed by atoms with Gasteiger partial charge in [0.25, 0.3) is 5.91 Å². The number of carbonyl (C=O) groups excluding carboxylic acids is 2. The van der Waals surface area contributed by atoms with E-state index in [1.165, 1.54) is 13.2 Å². The van der Waals surface area contributed by atoms with Gasteiger partial charge in [-0.1, -0.05) is 0 Å². The van der Waals surface area contributed by atoms with Crippen LogP contribution in [0.25, 0.3) is 11.0 Å². The van der Waals surface area contributed by atoms with Crippen LogP contribution in [0.5, 0.6) is 5.75 Å². The van der Waals surface area contributed by atoms with E-state index in [4.69, 9.17) is 13.9 Å². The van der Waals surface area contributed by atoms with Gasteiger partial charge in [0, 0.05) is 24.5 Å². The van der Waals surface area contributed by atoms with E-state index in [9.17, 15) is 14.4 Å². The van der Waals surface area contributed by atoms with Gasteiger partial charge in [-0.2, -0.15) is 0 Å². The Morgan fingerprint density at radius 2 is 1.81 bits per heavy atom. The summed E-state index contributed by atoms with van der Waals surface area (Å²) in [5.74, 6) is -0.0338. The van der Waals surface area contributed by atoms with Crippen molar-refractivity contribution in [3.8, 4) is 5.75 Å². The minimum atomic E-state index is -0.747. The first-order valence-corrected chi connectivity index (χ1v) is 8.06. The lowest BCUT2D eigenvalue weighted by atomic mass is 10.1. The Balaban J connectivity index is 1.96. The molecule has 1 aromatic carbocycles. The van der Waals surface area contributed by atoms with Crippen molar-refractivity contribution < 1.29 is 23.5 Å². The van der Waals surface area contributed by atoms with E-state index < -0.39 is 23.2 Å². The standard InChI is InChI=1S/C18H22N2O6/c1-18(2,3)26-17(23)20-8-7-19-15(21)13-9-11-5-6-12(24-4)10-14(11)25-16(13)22/h5-6,9-10H,7-8H2,1-4H3,(H,19,21)(H,20,23). The summed E-state index contributed by atoms with van der Waals surface area (Å²) in [6.45, 7) is 5.56. The van der Waals surface area contributed by atoms with E-state index in [2.05, 4.69) is 10.6 Å². The van der Waals surface area contributed by atoms with E-state index in [-0.39, 0.29) is 18.7 Å². The van der Waals surface area contributed by atoms with Crippen molar-refractivity contribution in [2.45, 2.75) is 26.4 Å². The predicted octanol–water partition coefficient (Wildman–Crippen LogP) is 2.06. The number of hydrogen-bond acceptors (Lipinski definition) is 6. The van der Waals surface area contributed by atoms with Crippen molar-refractivity contribution >= 4 is 23.0 Å². The molecule has 1 heterocycles. The maximum Gasteiger partial charge on any atom is 0.407 e. The minimum absolute atomic E-state index is 0.111. The monoisotopic (exact) mass is 362 g/mol. The zero-order chi connectivity index (χ0) is 19.3. The number of nitrogens with one attached hydrogen (secondary N) is 2. The lowest BCUT2D eigenvalue weighted by Gasteiger charge is -2.19. The molecule has 1 aromatic heterocycles. The summed E-state index contributed by atoms with van der Waals surface area (Å²) < 4.78 is 15.3. The highest BCUT2D eigenvalue weighted by Gasteiger charge is 2.16. The van der Waals surface area contributed by atoms with Crippen LogP contribution in [0.2, 0.25) is 0 Å². The largest absolute Gasteiger partial charge is 0.497 e. The third-order valence-corrected chi connectivity index (χ3v) is 3.27. The summed E-state index contributed by atoms with van der Waals surface area (Å²) in [6, 6.07) is 6.42. The Hall–Kier alpha value is -3.03. The van der Waals surface area contributed by atoms with Gasteiger partial charge in [-0.25, -0.2) is 9.59 Å². The molecule has 0 aliphatic carbocycles. The number of fused-ring (bicyclic) bond motifs is 1. The molecule has 0 fully saturated rings. The third kappa shape index (κ3) is 5.23. The molecule has 0 bridgehead atoms. The molecule has 8 nitrogen and oxygen atoms in total. The molecule has 2 N–H and O–H groups in total. The number of alkyl carbamates (subject to hydrolysis) is 1. The maximum absolute atomic E-state index is 12.2. The Kier molecular flexibility index (Phi) is 5.86. The SMILES string of the molecule is COc1ccc2cc(C(=O)NCCNC(=O)OC(C)(C)C)c(=O)oc2c1. The molecule has 0 radical (unpaired) electrons. The zero-order valence-corrected chi connectivity index (χ0v) is 15.2. The van der Waals surface area contributed by atoms with Crippen LogP contribution in [-0.2, 0) is 4.74 Å². The summed E-state index contributed by atoms with van der Waals surface area (Å²) in [5, 5.41) is 5.66. The van der Waals surface area contributed by atoms with E-state index in [1.54, 1.807) is 39.0 Å². The quantitative estimate of drug-likeness (QED) is 0.623. The molecule has 0 atom stereocenters. The molecular formula is C18H22N2O6. The summed E-state index contributed by atoms with van der Waals surface area (Å²) >= 11 is 0. The van der Waals surface area contributed by atoms with Gasteiger partial charge in [0.1, 0.15) is 22.5 Å². The number of ether oxygens (including phenoxy) is 2. The fourth-order valence-corrected chi connectivity index (χ4v) is 2.13. The smallest absolute Gasteiger partial charge is 0.407 e. The van der Waals surface area contributed by atoms with Crippen molar-refractivity contribution in [3.05, 3.63) is 40.2 Å². The lowest BCUT2D eigenvalue weighted by molar-refractivity contribution is 0.0526. The van der Waals surface area contributed by atoms with Gasteiger partial charge in [0.15, 0.2) is 0 Å². The third-order valence-electron chi connectivity index (χ3n) is 3.27. The number of carbonyl (C=O) groups is 2. The molecule has 0 spiro atoms. The van der Waals surface area contributed by atoms with E-state index >= 15 is 0 Å². The highest BCUT2D eigenvalue weighted by molar-refractivity contribution is 5.96. The topological polar surface area (TPSA) is 107 Å². The fraction of sp³-hybridized carbons (Fsp3) is 0.389. The van der Waals surface area contributed by atoms with Gasteiger partial charge < -0.3 is 24.5 Å². The average molecular weight is 362 g/mol. The van der Waals surface area contributed by atoms with Crippen molar-refractivity contribution in [2.24, 2.45) is 0 Å². The predicted molar refractivity (Wildman–Crippen MR) is 95.6 cm³/mol. The van der Waals surface area contributed by atoms with E-state index in [0.29, 0.717) is 16.7 Å². The van der Waals surface area contributed by atoms with Crippen LogP contribution in [0.4, 0.5) is 4.79 Å². The Morgan fingerprint density at radius 3 is 2.46 bits per heavy atom. The second-order valence-corrected chi connectivity index (χ2v) is 6.54. The van der Waals surface area contributed by atoms with E-state index in [1.807, 2.05) is 0 Å². The normalized spacial score (nSPS) is 11.1. The number of rotatable bonds is 5. The number of amides is 2. The maximum atomic E-state index is 12.2. The molecule has 2 amide bonds. The summed E-state index contributed by atoms with van der Waals surface area (Å²) in [7, 11) is 1.51. The van der Waals surface area contributed by atoms with E-state index in [0.717, 1.165) is 0 Å². The molecular weight excluding hydrogens is 340 g/mol. The van der Waals surface area contributed by atoms with Crippen LogP contribution in [-0.4, -0.2) is 37.8 Å². The highest BCUT2D eigenvalue weighted by Crippen LogP contribution is 2.20. The Bertz CT molecular complexity index is 866. The molecule has 0 aliphatic rings. The number of methoxy groups -OCH3 is 1. The van der Waals surface area contributed by atoms with Crippen molar-refractivity contribution in [1.29, 1.82) is 0 Å². The molecule has 0 saturated carbocycles. The highest BCUT2D eigenvalue weighted by atomic mass is 16.6. The molecule has 2 aromatic rings.